The molecule has 0 saturated heterocycles. The van der Waals surface area contributed by atoms with E-state index in [9.17, 15) is 8.42 Å². The zero-order valence-electron chi connectivity index (χ0n) is 11.8. The Hall–Kier alpha value is -0.170. The van der Waals surface area contributed by atoms with Gasteiger partial charge < -0.3 is 5.73 Å². The van der Waals surface area contributed by atoms with Crippen LogP contribution in [0.5, 0.6) is 0 Å². The van der Waals surface area contributed by atoms with Crippen molar-refractivity contribution >= 4 is 10.2 Å². The molecule has 18 heavy (non-hydrogen) atoms. The summed E-state index contributed by atoms with van der Waals surface area (Å²) in [5.74, 6) is 0.535. The van der Waals surface area contributed by atoms with Crippen molar-refractivity contribution in [2.45, 2.75) is 52.0 Å². The normalized spacial score (nSPS) is 29.7. The summed E-state index contributed by atoms with van der Waals surface area (Å²) in [5, 5.41) is 0. The predicted octanol–water partition coefficient (Wildman–Crippen LogP) is 1.07. The van der Waals surface area contributed by atoms with E-state index in [0.717, 1.165) is 19.3 Å². The monoisotopic (exact) mass is 277 g/mol. The number of nitrogens with one attached hydrogen (secondary N) is 1. The van der Waals surface area contributed by atoms with Gasteiger partial charge in [0.15, 0.2) is 0 Å². The first-order valence-corrected chi connectivity index (χ1v) is 8.33. The summed E-state index contributed by atoms with van der Waals surface area (Å²) >= 11 is 0. The van der Waals surface area contributed by atoms with Crippen LogP contribution in [0.15, 0.2) is 0 Å². The van der Waals surface area contributed by atoms with Crippen molar-refractivity contribution in [2.24, 2.45) is 11.7 Å². The molecule has 1 rings (SSSR count). The van der Waals surface area contributed by atoms with Gasteiger partial charge in [-0.1, -0.05) is 33.6 Å². The van der Waals surface area contributed by atoms with Crippen molar-refractivity contribution in [2.75, 3.05) is 19.6 Å². The number of likely N-dealkylation sites (N-methyl/N-ethyl adjacent to an activating group) is 1. The number of hydrogen-bond acceptors (Lipinski definition) is 3. The Labute approximate surface area is 111 Å². The first-order valence-electron chi connectivity index (χ1n) is 6.89. The van der Waals surface area contributed by atoms with Crippen LogP contribution in [0.25, 0.3) is 0 Å². The third kappa shape index (κ3) is 3.23. The van der Waals surface area contributed by atoms with E-state index >= 15 is 0 Å². The quantitative estimate of drug-likeness (QED) is 0.762. The fourth-order valence-corrected chi connectivity index (χ4v) is 4.78. The molecule has 0 radical (unpaired) electrons. The summed E-state index contributed by atoms with van der Waals surface area (Å²) in [4.78, 5) is 0. The number of nitrogens with zero attached hydrogens (tertiary/aromatic N) is 1. The minimum atomic E-state index is -3.41. The fraction of sp³-hybridized carbons (Fsp3) is 1.00. The minimum absolute atomic E-state index is 0.395. The Morgan fingerprint density at radius 1 is 1.44 bits per heavy atom. The highest BCUT2D eigenvalue weighted by Crippen LogP contribution is 2.37. The van der Waals surface area contributed by atoms with Crippen LogP contribution in [-0.2, 0) is 10.2 Å². The molecule has 2 atom stereocenters. The summed E-state index contributed by atoms with van der Waals surface area (Å²) < 4.78 is 28.8. The SMILES string of the molecule is CCNS(=O)(=O)N(CC)C1(CN)CCCC(C)C1. The van der Waals surface area contributed by atoms with Gasteiger partial charge in [-0.05, 0) is 18.8 Å². The van der Waals surface area contributed by atoms with E-state index in [1.807, 2.05) is 6.92 Å². The molecule has 1 aliphatic carbocycles. The Morgan fingerprint density at radius 2 is 2.11 bits per heavy atom. The summed E-state index contributed by atoms with van der Waals surface area (Å²) in [5.41, 5.74) is 5.54. The van der Waals surface area contributed by atoms with Gasteiger partial charge in [0.25, 0.3) is 10.2 Å². The van der Waals surface area contributed by atoms with Gasteiger partial charge in [-0.15, -0.1) is 0 Å². The molecule has 1 aliphatic rings. The van der Waals surface area contributed by atoms with Crippen LogP contribution in [0.2, 0.25) is 0 Å². The molecule has 0 amide bonds. The zero-order valence-corrected chi connectivity index (χ0v) is 12.6. The molecule has 108 valence electrons. The van der Waals surface area contributed by atoms with E-state index < -0.39 is 15.7 Å². The van der Waals surface area contributed by atoms with Gasteiger partial charge in [-0.25, -0.2) is 4.72 Å². The first-order chi connectivity index (χ1) is 8.41. The third-order valence-corrected chi connectivity index (χ3v) is 5.76. The van der Waals surface area contributed by atoms with E-state index in [1.54, 1.807) is 11.2 Å². The Kier molecular flexibility index (Phi) is 5.58. The Balaban J connectivity index is 3.03. The number of hydrogen-bond donors (Lipinski definition) is 2. The second-order valence-electron chi connectivity index (χ2n) is 5.30. The summed E-state index contributed by atoms with van der Waals surface area (Å²) in [6.07, 6.45) is 3.95. The second kappa shape index (κ2) is 6.32. The van der Waals surface area contributed by atoms with Crippen molar-refractivity contribution in [1.29, 1.82) is 0 Å². The number of rotatable bonds is 6. The summed E-state index contributed by atoms with van der Waals surface area (Å²) in [7, 11) is -3.41. The molecular formula is C12H27N3O2S. The van der Waals surface area contributed by atoms with Crippen LogP contribution in [0, 0.1) is 5.92 Å². The van der Waals surface area contributed by atoms with Crippen molar-refractivity contribution in [3.63, 3.8) is 0 Å². The van der Waals surface area contributed by atoms with Crippen molar-refractivity contribution in [1.82, 2.24) is 9.03 Å². The largest absolute Gasteiger partial charge is 0.329 e. The van der Waals surface area contributed by atoms with Gasteiger partial charge in [0.2, 0.25) is 0 Å². The van der Waals surface area contributed by atoms with Crippen molar-refractivity contribution < 1.29 is 8.42 Å². The van der Waals surface area contributed by atoms with E-state index in [0.29, 0.717) is 25.6 Å². The minimum Gasteiger partial charge on any atom is -0.329 e. The van der Waals surface area contributed by atoms with Crippen LogP contribution in [0.3, 0.4) is 0 Å². The maximum atomic E-state index is 12.3. The lowest BCUT2D eigenvalue weighted by Gasteiger charge is -2.46. The maximum absolute atomic E-state index is 12.3. The highest BCUT2D eigenvalue weighted by molar-refractivity contribution is 7.87. The molecule has 0 aromatic heterocycles. The molecule has 2 unspecified atom stereocenters. The molecular weight excluding hydrogens is 250 g/mol. The lowest BCUT2D eigenvalue weighted by Crippen LogP contribution is -2.60. The molecule has 0 aliphatic heterocycles. The summed E-state index contributed by atoms with van der Waals surface area (Å²) in [6.45, 7) is 7.14. The smallest absolute Gasteiger partial charge is 0.279 e. The van der Waals surface area contributed by atoms with Gasteiger partial charge in [0.05, 0.1) is 0 Å². The van der Waals surface area contributed by atoms with Crippen LogP contribution < -0.4 is 10.5 Å². The van der Waals surface area contributed by atoms with Crippen LogP contribution in [-0.4, -0.2) is 37.9 Å². The van der Waals surface area contributed by atoms with E-state index in [1.165, 1.54) is 6.42 Å². The summed E-state index contributed by atoms with van der Waals surface area (Å²) in [6, 6.07) is 0. The van der Waals surface area contributed by atoms with Gasteiger partial charge >= 0.3 is 0 Å². The molecule has 0 heterocycles. The lowest BCUT2D eigenvalue weighted by atomic mass is 9.76. The average Bonchev–Trinajstić information content (AvgIpc) is 2.29. The second-order valence-corrected chi connectivity index (χ2v) is 6.98. The molecule has 0 aromatic rings. The fourth-order valence-electron chi connectivity index (χ4n) is 3.17. The molecule has 5 nitrogen and oxygen atoms in total. The van der Waals surface area contributed by atoms with Crippen LogP contribution >= 0.6 is 0 Å². The molecule has 1 saturated carbocycles. The first kappa shape index (κ1) is 15.9. The highest BCUT2D eigenvalue weighted by Gasteiger charge is 2.43. The molecule has 3 N–H and O–H groups in total. The van der Waals surface area contributed by atoms with E-state index in [2.05, 4.69) is 11.6 Å². The molecule has 0 spiro atoms. The number of nitrogens with two attached hydrogens (primary N) is 1. The zero-order chi connectivity index (χ0) is 13.8. The Bertz CT molecular complexity index is 358. The molecule has 6 heteroatoms. The lowest BCUT2D eigenvalue weighted by molar-refractivity contribution is 0.111. The highest BCUT2D eigenvalue weighted by atomic mass is 32.2. The predicted molar refractivity (Wildman–Crippen MR) is 74.4 cm³/mol. The molecule has 1 fully saturated rings. The van der Waals surface area contributed by atoms with Gasteiger partial charge in [0, 0.05) is 25.2 Å². The third-order valence-electron chi connectivity index (χ3n) is 3.88. The molecule has 0 bridgehead atoms. The molecule has 0 aromatic carbocycles. The van der Waals surface area contributed by atoms with Gasteiger partial charge in [0.1, 0.15) is 0 Å². The van der Waals surface area contributed by atoms with Crippen molar-refractivity contribution in [3.05, 3.63) is 0 Å². The maximum Gasteiger partial charge on any atom is 0.279 e. The Morgan fingerprint density at radius 3 is 2.56 bits per heavy atom. The van der Waals surface area contributed by atoms with Crippen LogP contribution in [0.1, 0.15) is 46.5 Å². The average molecular weight is 277 g/mol. The van der Waals surface area contributed by atoms with Crippen LogP contribution in [0.4, 0.5) is 0 Å². The standard InChI is InChI=1S/C12H27N3O2S/c1-4-14-18(16,17)15(5-2)12(10-13)8-6-7-11(3)9-12/h11,14H,4-10,13H2,1-3H3. The van der Waals surface area contributed by atoms with E-state index in [-0.39, 0.29) is 0 Å². The van der Waals surface area contributed by atoms with Gasteiger partial charge in [-0.3, -0.25) is 0 Å². The topological polar surface area (TPSA) is 75.4 Å². The van der Waals surface area contributed by atoms with Gasteiger partial charge in [-0.2, -0.15) is 12.7 Å². The van der Waals surface area contributed by atoms with Crippen molar-refractivity contribution in [3.8, 4) is 0 Å². The van der Waals surface area contributed by atoms with E-state index in [4.69, 9.17) is 5.73 Å².